The number of carbonyl (C=O) groups excluding carboxylic acids is 2. The van der Waals surface area contributed by atoms with Crippen LogP contribution in [0.5, 0.6) is 0 Å². The molecule has 3 nitrogen and oxygen atoms in total. The number of anilines is 1. The van der Waals surface area contributed by atoms with E-state index in [1.807, 2.05) is 0 Å². The Morgan fingerprint density at radius 1 is 1.07 bits per heavy atom. The Labute approximate surface area is 105 Å². The first-order valence-electron chi connectivity index (χ1n) is 3.57. The molecule has 1 aromatic rings. The predicted molar refractivity (Wildman–Crippen MR) is 61.4 cm³/mol. The topological polar surface area (TPSA) is 37.4 Å². The molecule has 0 aliphatic rings. The second-order valence-corrected chi connectivity index (χ2v) is 3.93. The maximum Gasteiger partial charge on any atom is 0.328 e. The van der Waals surface area contributed by atoms with E-state index in [2.05, 4.69) is 0 Å². The van der Waals surface area contributed by atoms with Gasteiger partial charge < -0.3 is 0 Å². The monoisotopic (exact) mass is 285 g/mol. The first kappa shape index (κ1) is 12.6. The highest BCUT2D eigenvalue weighted by Gasteiger charge is 2.22. The van der Waals surface area contributed by atoms with Crippen LogP contribution in [-0.2, 0) is 0 Å². The van der Waals surface area contributed by atoms with Crippen LogP contribution < -0.4 is 4.90 Å². The number of nitrogens with zero attached hydrogens (tertiary/aromatic N) is 1. The molecule has 1 aromatic carbocycles. The summed E-state index contributed by atoms with van der Waals surface area (Å²) in [6, 6.07) is 4.19. The van der Waals surface area contributed by atoms with E-state index < -0.39 is 10.7 Å². The largest absolute Gasteiger partial charge is 0.328 e. The minimum Gasteiger partial charge on any atom is -0.254 e. The molecule has 0 aliphatic carbocycles. The van der Waals surface area contributed by atoms with Gasteiger partial charge >= 0.3 is 10.7 Å². The summed E-state index contributed by atoms with van der Waals surface area (Å²) in [6.07, 6.45) is 0. The lowest BCUT2D eigenvalue weighted by molar-refractivity contribution is 0.255. The summed E-state index contributed by atoms with van der Waals surface area (Å²) in [5, 5.41) is -1.61. The number of hydrogen-bond donors (Lipinski definition) is 0. The molecule has 0 saturated heterocycles. The third kappa shape index (κ3) is 2.98. The Morgan fingerprint density at radius 2 is 1.60 bits per heavy atom. The van der Waals surface area contributed by atoms with Crippen LogP contribution in [0.25, 0.3) is 0 Å². The van der Waals surface area contributed by atoms with Crippen molar-refractivity contribution in [1.82, 2.24) is 0 Å². The zero-order chi connectivity index (χ0) is 11.6. The van der Waals surface area contributed by atoms with Gasteiger partial charge in [0.05, 0.1) is 10.7 Å². The Kier molecular flexibility index (Phi) is 4.22. The fraction of sp³-hybridized carbons (Fsp3) is 0. The molecule has 0 bridgehead atoms. The first-order chi connectivity index (χ1) is 6.93. The van der Waals surface area contributed by atoms with Crippen LogP contribution in [0.15, 0.2) is 18.2 Å². The first-order valence-corrected chi connectivity index (χ1v) is 5.08. The molecule has 0 aromatic heterocycles. The summed E-state index contributed by atoms with van der Waals surface area (Å²) in [5.74, 6) is 0. The SMILES string of the molecule is O=C(Cl)N(C(=O)Cl)c1ccc(Cl)cc1Cl. The second-order valence-electron chi connectivity index (χ2n) is 2.44. The normalized spacial score (nSPS) is 9.87. The molecule has 0 unspecified atom stereocenters. The van der Waals surface area contributed by atoms with Crippen molar-refractivity contribution in [3.05, 3.63) is 28.2 Å². The van der Waals surface area contributed by atoms with E-state index in [1.165, 1.54) is 18.2 Å². The van der Waals surface area contributed by atoms with E-state index in [1.54, 1.807) is 0 Å². The summed E-state index contributed by atoms with van der Waals surface area (Å²) in [7, 11) is 0. The van der Waals surface area contributed by atoms with Gasteiger partial charge in [-0.1, -0.05) is 23.2 Å². The summed E-state index contributed by atoms with van der Waals surface area (Å²) in [4.78, 5) is 22.4. The molecule has 80 valence electrons. The van der Waals surface area contributed by atoms with Crippen LogP contribution in [0.1, 0.15) is 0 Å². The van der Waals surface area contributed by atoms with Gasteiger partial charge in [0.1, 0.15) is 0 Å². The number of amides is 2. The molecule has 0 saturated carbocycles. The minimum absolute atomic E-state index is 0.0843. The molecule has 7 heteroatoms. The smallest absolute Gasteiger partial charge is 0.254 e. The van der Waals surface area contributed by atoms with E-state index in [-0.39, 0.29) is 10.7 Å². The van der Waals surface area contributed by atoms with Crippen molar-refractivity contribution in [3.63, 3.8) is 0 Å². The third-order valence-corrected chi connectivity index (χ3v) is 2.38. The lowest BCUT2D eigenvalue weighted by Crippen LogP contribution is -2.28. The van der Waals surface area contributed by atoms with Gasteiger partial charge in [-0.15, -0.1) is 0 Å². The summed E-state index contributed by atoms with van der Waals surface area (Å²) in [5.41, 5.74) is 0.0843. The number of hydrogen-bond acceptors (Lipinski definition) is 2. The van der Waals surface area contributed by atoms with Crippen molar-refractivity contribution in [1.29, 1.82) is 0 Å². The highest BCUT2D eigenvalue weighted by atomic mass is 35.5. The Morgan fingerprint density at radius 3 is 2.00 bits per heavy atom. The second kappa shape index (κ2) is 5.03. The summed E-state index contributed by atoms with van der Waals surface area (Å²) < 4.78 is 0. The van der Waals surface area contributed by atoms with Gasteiger partial charge in [0.2, 0.25) is 0 Å². The number of benzene rings is 1. The predicted octanol–water partition coefficient (Wildman–Crippen LogP) is 4.52. The number of rotatable bonds is 1. The van der Waals surface area contributed by atoms with Crippen molar-refractivity contribution in [2.75, 3.05) is 4.90 Å². The van der Waals surface area contributed by atoms with E-state index in [4.69, 9.17) is 46.4 Å². The van der Waals surface area contributed by atoms with Gasteiger partial charge in [-0.2, -0.15) is 0 Å². The Balaban J connectivity index is 3.23. The summed E-state index contributed by atoms with van der Waals surface area (Å²) in [6.45, 7) is 0. The van der Waals surface area contributed by atoms with Gasteiger partial charge in [0, 0.05) is 5.02 Å². The van der Waals surface area contributed by atoms with Crippen molar-refractivity contribution in [2.24, 2.45) is 0 Å². The molecule has 15 heavy (non-hydrogen) atoms. The number of imide groups is 1. The van der Waals surface area contributed by atoms with E-state index in [0.717, 1.165) is 0 Å². The van der Waals surface area contributed by atoms with Gasteiger partial charge in [0.15, 0.2) is 0 Å². The standard InChI is InChI=1S/C8H3Cl4NO2/c9-4-1-2-6(5(10)3-4)13(7(11)14)8(12)15/h1-3H. The lowest BCUT2D eigenvalue weighted by Gasteiger charge is -2.15. The van der Waals surface area contributed by atoms with Crippen molar-refractivity contribution in [3.8, 4) is 0 Å². The molecule has 1 rings (SSSR count). The maximum atomic E-state index is 10.9. The van der Waals surface area contributed by atoms with Gasteiger partial charge in [-0.3, -0.25) is 9.59 Å². The zero-order valence-electron chi connectivity index (χ0n) is 7.01. The molecule has 0 radical (unpaired) electrons. The van der Waals surface area contributed by atoms with E-state index in [9.17, 15) is 9.59 Å². The Hall–Kier alpha value is -0.480. The van der Waals surface area contributed by atoms with Crippen LogP contribution in [0.4, 0.5) is 15.3 Å². The molecule has 2 amide bonds. The van der Waals surface area contributed by atoms with Crippen LogP contribution in [0.2, 0.25) is 10.0 Å². The molecule has 0 atom stereocenters. The van der Waals surface area contributed by atoms with Crippen molar-refractivity contribution >= 4 is 62.8 Å². The highest BCUT2D eigenvalue weighted by Crippen LogP contribution is 2.30. The average Bonchev–Trinajstić information content (AvgIpc) is 2.08. The van der Waals surface area contributed by atoms with Crippen molar-refractivity contribution in [2.45, 2.75) is 0 Å². The Bertz CT molecular complexity index is 407. The van der Waals surface area contributed by atoms with Gasteiger partial charge in [0.25, 0.3) is 0 Å². The summed E-state index contributed by atoms with van der Waals surface area (Å²) >= 11 is 21.8. The fourth-order valence-corrected chi connectivity index (χ4v) is 1.79. The van der Waals surface area contributed by atoms with Crippen LogP contribution >= 0.6 is 46.4 Å². The quantitative estimate of drug-likeness (QED) is 0.562. The molecule has 0 N–H and O–H groups in total. The van der Waals surface area contributed by atoms with E-state index >= 15 is 0 Å². The van der Waals surface area contributed by atoms with Gasteiger partial charge in [-0.25, -0.2) is 4.90 Å². The van der Waals surface area contributed by atoms with E-state index in [0.29, 0.717) is 9.92 Å². The molecular weight excluding hydrogens is 284 g/mol. The maximum absolute atomic E-state index is 10.9. The van der Waals surface area contributed by atoms with Crippen LogP contribution in [0, 0.1) is 0 Å². The molecular formula is C8H3Cl4NO2. The van der Waals surface area contributed by atoms with Crippen molar-refractivity contribution < 1.29 is 9.59 Å². The van der Waals surface area contributed by atoms with Crippen LogP contribution in [-0.4, -0.2) is 10.7 Å². The number of halogens is 4. The molecule has 0 aliphatic heterocycles. The van der Waals surface area contributed by atoms with Crippen LogP contribution in [0.3, 0.4) is 0 Å². The minimum atomic E-state index is -1.04. The fourth-order valence-electron chi connectivity index (χ4n) is 0.921. The molecule has 0 heterocycles. The average molecular weight is 287 g/mol. The third-order valence-electron chi connectivity index (χ3n) is 1.50. The number of carbonyl (C=O) groups is 2. The zero-order valence-corrected chi connectivity index (χ0v) is 10.0. The lowest BCUT2D eigenvalue weighted by atomic mass is 10.3. The molecule has 0 spiro atoms. The highest BCUT2D eigenvalue weighted by molar-refractivity contribution is 6.77. The molecule has 0 fully saturated rings. The van der Waals surface area contributed by atoms with Gasteiger partial charge in [-0.05, 0) is 41.4 Å².